The van der Waals surface area contributed by atoms with Crippen LogP contribution in [0.2, 0.25) is 0 Å². The van der Waals surface area contributed by atoms with Crippen LogP contribution in [0, 0.1) is 0 Å². The fraction of sp³-hybridized carbons (Fsp3) is 0.462. The lowest BCUT2D eigenvalue weighted by molar-refractivity contribution is -0.143. The Hall–Kier alpha value is -1.24. The Labute approximate surface area is 123 Å². The molecule has 1 aromatic carbocycles. The summed E-state index contributed by atoms with van der Waals surface area (Å²) in [5.74, 6) is -3.87. The molecule has 0 saturated heterocycles. The van der Waals surface area contributed by atoms with E-state index in [9.17, 15) is 18.0 Å². The van der Waals surface area contributed by atoms with E-state index >= 15 is 0 Å². The summed E-state index contributed by atoms with van der Waals surface area (Å²) in [4.78, 5) is 10.7. The van der Waals surface area contributed by atoms with Gasteiger partial charge in [-0.05, 0) is 18.2 Å². The summed E-state index contributed by atoms with van der Waals surface area (Å²) in [6.45, 7) is 0.591. The summed E-state index contributed by atoms with van der Waals surface area (Å²) in [6.07, 6.45) is -1.12. The van der Waals surface area contributed by atoms with Gasteiger partial charge in [-0.1, -0.05) is 15.9 Å². The second kappa shape index (κ2) is 6.97. The van der Waals surface area contributed by atoms with Gasteiger partial charge in [-0.2, -0.15) is 0 Å². The van der Waals surface area contributed by atoms with Crippen molar-refractivity contribution in [2.24, 2.45) is 0 Å². The minimum Gasteiger partial charge on any atom is -0.484 e. The molecule has 1 aromatic rings. The van der Waals surface area contributed by atoms with Crippen molar-refractivity contribution in [2.45, 2.75) is 25.9 Å². The fourth-order valence-electron chi connectivity index (χ4n) is 1.45. The van der Waals surface area contributed by atoms with Gasteiger partial charge in [0.05, 0.1) is 5.56 Å². The number of halogens is 4. The molecule has 0 spiro atoms. The monoisotopic (exact) mass is 354 g/mol. The molecule has 0 aliphatic carbocycles. The molecular weight excluding hydrogens is 341 g/mol. The van der Waals surface area contributed by atoms with Crippen LogP contribution in [0.3, 0.4) is 0 Å². The Morgan fingerprint density at radius 3 is 2.60 bits per heavy atom. The first-order chi connectivity index (χ1) is 9.24. The van der Waals surface area contributed by atoms with Crippen LogP contribution in [0.1, 0.15) is 19.4 Å². The molecule has 0 heterocycles. The van der Waals surface area contributed by atoms with Gasteiger partial charge in [0.2, 0.25) is 0 Å². The van der Waals surface area contributed by atoms with E-state index in [1.54, 1.807) is 0 Å². The van der Waals surface area contributed by atoms with E-state index in [1.165, 1.54) is 25.1 Å². The van der Waals surface area contributed by atoms with Crippen molar-refractivity contribution in [1.82, 2.24) is 0 Å². The third kappa shape index (κ3) is 5.03. The Morgan fingerprint density at radius 1 is 1.45 bits per heavy atom. The molecule has 3 nitrogen and oxygen atoms in total. The number of hydrogen-bond acceptors (Lipinski definition) is 3. The molecule has 20 heavy (non-hydrogen) atoms. The van der Waals surface area contributed by atoms with Gasteiger partial charge >= 0.3 is 5.97 Å². The molecule has 0 N–H and O–H groups in total. The van der Waals surface area contributed by atoms with Crippen LogP contribution in [-0.4, -0.2) is 25.4 Å². The second-order valence-corrected chi connectivity index (χ2v) is 5.14. The average molecular weight is 355 g/mol. The molecule has 1 atom stereocenters. The lowest BCUT2D eigenvalue weighted by atomic mass is 10.1. The second-order valence-electron chi connectivity index (χ2n) is 4.23. The standard InChI is InChI=1S/C13H14BrF3O3/c1-8(18)19-7-10(6-15)20-12-4-3-9(14)5-11(12)13(2,16)17/h3-5,10H,6-7H2,1-2H3/t10-/m0/s1. The summed E-state index contributed by atoms with van der Waals surface area (Å²) in [5, 5.41) is 0. The van der Waals surface area contributed by atoms with Crippen LogP contribution in [-0.2, 0) is 15.5 Å². The number of ether oxygens (including phenoxy) is 2. The Bertz CT molecular complexity index is 474. The predicted octanol–water partition coefficient (Wildman–Crippen LogP) is 3.84. The first-order valence-corrected chi connectivity index (χ1v) is 6.57. The zero-order valence-corrected chi connectivity index (χ0v) is 12.5. The first-order valence-electron chi connectivity index (χ1n) is 5.78. The number of carbonyl (C=O) groups is 1. The predicted molar refractivity (Wildman–Crippen MR) is 70.7 cm³/mol. The molecule has 1 rings (SSSR count). The molecule has 0 saturated carbocycles. The molecule has 0 aliphatic rings. The Morgan fingerprint density at radius 2 is 2.10 bits per heavy atom. The van der Waals surface area contributed by atoms with Crippen molar-refractivity contribution in [2.75, 3.05) is 13.3 Å². The summed E-state index contributed by atoms with van der Waals surface area (Å²) in [7, 11) is 0. The lowest BCUT2D eigenvalue weighted by Gasteiger charge is -2.21. The van der Waals surface area contributed by atoms with Crippen LogP contribution in [0.25, 0.3) is 0 Å². The maximum atomic E-state index is 13.5. The molecule has 7 heteroatoms. The number of rotatable bonds is 6. The highest BCUT2D eigenvalue weighted by Gasteiger charge is 2.30. The highest BCUT2D eigenvalue weighted by molar-refractivity contribution is 9.10. The van der Waals surface area contributed by atoms with Gasteiger partial charge in [-0.15, -0.1) is 0 Å². The van der Waals surface area contributed by atoms with Crippen LogP contribution in [0.15, 0.2) is 22.7 Å². The molecular formula is C13H14BrF3O3. The van der Waals surface area contributed by atoms with Gasteiger partial charge in [0.1, 0.15) is 19.0 Å². The van der Waals surface area contributed by atoms with Crippen molar-refractivity contribution >= 4 is 21.9 Å². The van der Waals surface area contributed by atoms with Gasteiger partial charge in [-0.3, -0.25) is 4.79 Å². The summed E-state index contributed by atoms with van der Waals surface area (Å²) in [6, 6.07) is 4.02. The molecule has 0 bridgehead atoms. The van der Waals surface area contributed by atoms with E-state index in [-0.39, 0.29) is 17.9 Å². The molecule has 0 amide bonds. The zero-order chi connectivity index (χ0) is 15.3. The van der Waals surface area contributed by atoms with E-state index in [2.05, 4.69) is 20.7 Å². The number of alkyl halides is 3. The summed E-state index contributed by atoms with van der Waals surface area (Å²) in [5.41, 5.74) is -0.367. The van der Waals surface area contributed by atoms with E-state index in [1.807, 2.05) is 0 Å². The fourth-order valence-corrected chi connectivity index (χ4v) is 1.81. The maximum Gasteiger partial charge on any atom is 0.302 e. The third-order valence-corrected chi connectivity index (χ3v) is 2.85. The van der Waals surface area contributed by atoms with Crippen LogP contribution in [0.5, 0.6) is 5.75 Å². The Balaban J connectivity index is 2.92. The average Bonchev–Trinajstić information content (AvgIpc) is 2.34. The number of esters is 1. The van der Waals surface area contributed by atoms with Crippen molar-refractivity contribution in [1.29, 1.82) is 0 Å². The van der Waals surface area contributed by atoms with Gasteiger partial charge in [0, 0.05) is 18.3 Å². The van der Waals surface area contributed by atoms with E-state index in [4.69, 9.17) is 4.74 Å². The summed E-state index contributed by atoms with van der Waals surface area (Å²) < 4.78 is 50.0. The highest BCUT2D eigenvalue weighted by Crippen LogP contribution is 2.36. The minimum atomic E-state index is -3.14. The van der Waals surface area contributed by atoms with Gasteiger partial charge in [0.25, 0.3) is 5.92 Å². The molecule has 0 unspecified atom stereocenters. The lowest BCUT2D eigenvalue weighted by Crippen LogP contribution is -2.27. The largest absolute Gasteiger partial charge is 0.484 e. The van der Waals surface area contributed by atoms with Crippen molar-refractivity contribution < 1.29 is 27.4 Å². The maximum absolute atomic E-state index is 13.5. The zero-order valence-electron chi connectivity index (χ0n) is 11.0. The number of carbonyl (C=O) groups excluding carboxylic acids is 1. The molecule has 0 aliphatic heterocycles. The molecule has 0 radical (unpaired) electrons. The molecule has 112 valence electrons. The number of hydrogen-bond donors (Lipinski definition) is 0. The normalized spacial score (nSPS) is 12.9. The van der Waals surface area contributed by atoms with Gasteiger partial charge in [0.15, 0.2) is 6.10 Å². The van der Waals surface area contributed by atoms with Gasteiger partial charge in [-0.25, -0.2) is 13.2 Å². The van der Waals surface area contributed by atoms with E-state index < -0.39 is 24.7 Å². The smallest absolute Gasteiger partial charge is 0.302 e. The first kappa shape index (κ1) is 16.8. The summed E-state index contributed by atoms with van der Waals surface area (Å²) >= 11 is 3.09. The quantitative estimate of drug-likeness (QED) is 0.728. The van der Waals surface area contributed by atoms with Crippen LogP contribution < -0.4 is 4.74 Å². The van der Waals surface area contributed by atoms with Crippen molar-refractivity contribution in [3.63, 3.8) is 0 Å². The van der Waals surface area contributed by atoms with Crippen molar-refractivity contribution in [3.05, 3.63) is 28.2 Å². The minimum absolute atomic E-state index is 0.143. The molecule has 0 aromatic heterocycles. The third-order valence-electron chi connectivity index (χ3n) is 2.35. The Kier molecular flexibility index (Phi) is 5.86. The van der Waals surface area contributed by atoms with Crippen LogP contribution in [0.4, 0.5) is 13.2 Å². The van der Waals surface area contributed by atoms with Crippen LogP contribution >= 0.6 is 15.9 Å². The van der Waals surface area contributed by atoms with Gasteiger partial charge < -0.3 is 9.47 Å². The van der Waals surface area contributed by atoms with E-state index in [0.717, 1.165) is 6.92 Å². The number of benzene rings is 1. The van der Waals surface area contributed by atoms with Crippen molar-refractivity contribution in [3.8, 4) is 5.75 Å². The molecule has 0 fully saturated rings. The highest BCUT2D eigenvalue weighted by atomic mass is 79.9. The SMILES string of the molecule is CC(=O)OC[C@H](CF)Oc1ccc(Br)cc1C(C)(F)F. The van der Waals surface area contributed by atoms with E-state index in [0.29, 0.717) is 4.47 Å². The topological polar surface area (TPSA) is 35.5 Å².